The van der Waals surface area contributed by atoms with Crippen LogP contribution in [0, 0.1) is 5.92 Å². The van der Waals surface area contributed by atoms with Crippen molar-refractivity contribution in [3.63, 3.8) is 0 Å². The summed E-state index contributed by atoms with van der Waals surface area (Å²) in [5.41, 5.74) is 5.64. The lowest BCUT2D eigenvalue weighted by molar-refractivity contribution is -0.133. The number of nitrogens with zero attached hydrogens (tertiary/aromatic N) is 2. The Kier molecular flexibility index (Phi) is 7.24. The molecule has 0 aromatic heterocycles. The van der Waals surface area contributed by atoms with Crippen LogP contribution in [-0.2, 0) is 19.6 Å². The smallest absolute Gasteiger partial charge is 0.264 e. The molecule has 2 aromatic carbocycles. The Balaban J connectivity index is 1.93. The second-order valence-electron chi connectivity index (χ2n) is 7.42. The standard InChI is InChI=1S/C22H27N3O6S/c1-30-19-9-8-17(14-20(19)31-2)25(32(28,29)18-6-4-3-5-7-18)15-21(26)24-12-10-16(11-13-24)22(23)27/h3-9,14,16H,10-13,15H2,1-2H3,(H2,23,27). The number of primary amides is 1. The van der Waals surface area contributed by atoms with Crippen molar-refractivity contribution in [3.05, 3.63) is 48.5 Å². The van der Waals surface area contributed by atoms with Gasteiger partial charge in [-0.25, -0.2) is 8.42 Å². The third kappa shape index (κ3) is 4.96. The number of carbonyl (C=O) groups excluding carboxylic acids is 2. The van der Waals surface area contributed by atoms with Crippen LogP contribution in [0.5, 0.6) is 11.5 Å². The summed E-state index contributed by atoms with van der Waals surface area (Å²) in [5.74, 6) is -0.229. The van der Waals surface area contributed by atoms with Gasteiger partial charge in [-0.05, 0) is 37.1 Å². The Hall–Kier alpha value is -3.27. The molecule has 1 aliphatic rings. The van der Waals surface area contributed by atoms with E-state index in [1.165, 1.54) is 32.4 Å². The topological polar surface area (TPSA) is 119 Å². The van der Waals surface area contributed by atoms with E-state index >= 15 is 0 Å². The summed E-state index contributed by atoms with van der Waals surface area (Å²) in [7, 11) is -1.11. The maximum Gasteiger partial charge on any atom is 0.264 e. The number of ether oxygens (including phenoxy) is 2. The van der Waals surface area contributed by atoms with Crippen molar-refractivity contribution < 1.29 is 27.5 Å². The number of benzene rings is 2. The fraction of sp³-hybridized carbons (Fsp3) is 0.364. The first kappa shape index (κ1) is 23.4. The Morgan fingerprint density at radius 3 is 2.22 bits per heavy atom. The average Bonchev–Trinajstić information content (AvgIpc) is 2.82. The Labute approximate surface area is 187 Å². The molecule has 2 aromatic rings. The molecule has 1 aliphatic heterocycles. The number of anilines is 1. The second kappa shape index (κ2) is 9.90. The lowest BCUT2D eigenvalue weighted by Gasteiger charge is -2.33. The summed E-state index contributed by atoms with van der Waals surface area (Å²) in [6, 6.07) is 12.6. The fourth-order valence-corrected chi connectivity index (χ4v) is 5.08. The highest BCUT2D eigenvalue weighted by Crippen LogP contribution is 2.34. The van der Waals surface area contributed by atoms with Gasteiger partial charge in [-0.15, -0.1) is 0 Å². The largest absolute Gasteiger partial charge is 0.493 e. The van der Waals surface area contributed by atoms with Gasteiger partial charge in [0.1, 0.15) is 6.54 Å². The maximum atomic E-state index is 13.5. The number of nitrogens with two attached hydrogens (primary N) is 1. The van der Waals surface area contributed by atoms with Crippen LogP contribution in [0.4, 0.5) is 5.69 Å². The van der Waals surface area contributed by atoms with Crippen molar-refractivity contribution in [2.24, 2.45) is 11.7 Å². The molecule has 32 heavy (non-hydrogen) atoms. The fourth-order valence-electron chi connectivity index (χ4n) is 3.65. The normalized spacial score (nSPS) is 14.6. The predicted octanol–water partition coefficient (Wildman–Crippen LogP) is 1.62. The molecule has 1 heterocycles. The molecule has 0 atom stereocenters. The van der Waals surface area contributed by atoms with Crippen molar-refractivity contribution in [1.82, 2.24) is 4.90 Å². The van der Waals surface area contributed by atoms with Gasteiger partial charge < -0.3 is 20.1 Å². The molecule has 2 N–H and O–H groups in total. The molecule has 9 nitrogen and oxygen atoms in total. The Bertz CT molecular complexity index is 1070. The zero-order valence-electron chi connectivity index (χ0n) is 18.1. The number of hydrogen-bond donors (Lipinski definition) is 1. The molecule has 0 radical (unpaired) electrons. The number of amides is 2. The van der Waals surface area contributed by atoms with Gasteiger partial charge in [0.2, 0.25) is 11.8 Å². The maximum absolute atomic E-state index is 13.5. The van der Waals surface area contributed by atoms with Crippen LogP contribution in [0.15, 0.2) is 53.4 Å². The van der Waals surface area contributed by atoms with E-state index in [1.54, 1.807) is 35.2 Å². The quantitative estimate of drug-likeness (QED) is 0.638. The molecule has 1 fully saturated rings. The molecular formula is C22H27N3O6S. The van der Waals surface area contributed by atoms with Crippen LogP contribution < -0.4 is 19.5 Å². The van der Waals surface area contributed by atoms with Crippen LogP contribution in [0.1, 0.15) is 12.8 Å². The highest BCUT2D eigenvalue weighted by Gasteiger charge is 2.32. The Morgan fingerprint density at radius 2 is 1.66 bits per heavy atom. The van der Waals surface area contributed by atoms with Crippen LogP contribution in [0.25, 0.3) is 0 Å². The van der Waals surface area contributed by atoms with Gasteiger partial charge in [0.25, 0.3) is 10.0 Å². The van der Waals surface area contributed by atoms with E-state index in [2.05, 4.69) is 0 Å². The minimum atomic E-state index is -4.04. The van der Waals surface area contributed by atoms with Crippen molar-refractivity contribution >= 4 is 27.5 Å². The molecule has 0 aliphatic carbocycles. The predicted molar refractivity (Wildman–Crippen MR) is 119 cm³/mol. The average molecular weight is 462 g/mol. The number of piperidine rings is 1. The summed E-state index contributed by atoms with van der Waals surface area (Å²) in [6.45, 7) is 0.295. The van der Waals surface area contributed by atoms with E-state index in [-0.39, 0.29) is 28.3 Å². The first-order chi connectivity index (χ1) is 15.3. The third-order valence-corrected chi connectivity index (χ3v) is 7.30. The molecule has 0 unspecified atom stereocenters. The third-order valence-electron chi connectivity index (χ3n) is 5.52. The number of sulfonamides is 1. The van der Waals surface area contributed by atoms with E-state index in [4.69, 9.17) is 15.2 Å². The first-order valence-corrected chi connectivity index (χ1v) is 11.6. The number of methoxy groups -OCH3 is 2. The SMILES string of the molecule is COc1ccc(N(CC(=O)N2CCC(C(N)=O)CC2)S(=O)(=O)c2ccccc2)cc1OC. The van der Waals surface area contributed by atoms with Crippen LogP contribution >= 0.6 is 0 Å². The molecule has 10 heteroatoms. The van der Waals surface area contributed by atoms with Gasteiger partial charge >= 0.3 is 0 Å². The van der Waals surface area contributed by atoms with E-state index in [0.29, 0.717) is 37.4 Å². The molecule has 1 saturated heterocycles. The lowest BCUT2D eigenvalue weighted by Crippen LogP contribution is -2.47. The second-order valence-corrected chi connectivity index (χ2v) is 9.28. The van der Waals surface area contributed by atoms with Gasteiger partial charge in [-0.1, -0.05) is 18.2 Å². The number of carbonyl (C=O) groups is 2. The van der Waals surface area contributed by atoms with Gasteiger partial charge in [0.15, 0.2) is 11.5 Å². The van der Waals surface area contributed by atoms with Crippen molar-refractivity contribution in [2.75, 3.05) is 38.2 Å². The highest BCUT2D eigenvalue weighted by molar-refractivity contribution is 7.92. The summed E-state index contributed by atoms with van der Waals surface area (Å²) < 4.78 is 38.6. The zero-order valence-corrected chi connectivity index (χ0v) is 18.9. The molecule has 3 rings (SSSR count). The monoisotopic (exact) mass is 461 g/mol. The van der Waals surface area contributed by atoms with E-state index in [9.17, 15) is 18.0 Å². The number of likely N-dealkylation sites (tertiary alicyclic amines) is 1. The van der Waals surface area contributed by atoms with Gasteiger partial charge in [-0.3, -0.25) is 13.9 Å². The number of hydrogen-bond acceptors (Lipinski definition) is 6. The summed E-state index contributed by atoms with van der Waals surface area (Å²) in [6.07, 6.45) is 0.922. The van der Waals surface area contributed by atoms with Crippen LogP contribution in [-0.4, -0.2) is 59.0 Å². The highest BCUT2D eigenvalue weighted by atomic mass is 32.2. The van der Waals surface area contributed by atoms with Crippen molar-refractivity contribution in [1.29, 1.82) is 0 Å². The minimum absolute atomic E-state index is 0.0648. The van der Waals surface area contributed by atoms with Gasteiger partial charge in [0.05, 0.1) is 24.8 Å². The number of rotatable bonds is 8. The van der Waals surface area contributed by atoms with Crippen LogP contribution in [0.2, 0.25) is 0 Å². The minimum Gasteiger partial charge on any atom is -0.493 e. The summed E-state index contributed by atoms with van der Waals surface area (Å²) in [5, 5.41) is 0. The summed E-state index contributed by atoms with van der Waals surface area (Å²) >= 11 is 0. The van der Waals surface area contributed by atoms with Gasteiger partial charge in [0, 0.05) is 25.1 Å². The zero-order chi connectivity index (χ0) is 23.3. The van der Waals surface area contributed by atoms with Crippen LogP contribution in [0.3, 0.4) is 0 Å². The Morgan fingerprint density at radius 1 is 1.03 bits per heavy atom. The molecular weight excluding hydrogens is 434 g/mol. The van der Waals surface area contributed by atoms with Gasteiger partial charge in [-0.2, -0.15) is 0 Å². The van der Waals surface area contributed by atoms with E-state index in [1.807, 2.05) is 0 Å². The summed E-state index contributed by atoms with van der Waals surface area (Å²) in [4.78, 5) is 26.1. The molecule has 172 valence electrons. The molecule has 0 saturated carbocycles. The van der Waals surface area contributed by atoms with Crippen molar-refractivity contribution in [3.8, 4) is 11.5 Å². The molecule has 0 spiro atoms. The van der Waals surface area contributed by atoms with E-state index in [0.717, 1.165) is 4.31 Å². The lowest BCUT2D eigenvalue weighted by atomic mass is 9.96. The molecule has 0 bridgehead atoms. The molecule has 2 amide bonds. The first-order valence-electron chi connectivity index (χ1n) is 10.1. The van der Waals surface area contributed by atoms with E-state index < -0.39 is 16.6 Å². The van der Waals surface area contributed by atoms with Crippen molar-refractivity contribution in [2.45, 2.75) is 17.7 Å².